The Balaban J connectivity index is 1.17. The second-order valence-corrected chi connectivity index (χ2v) is 7.26. The summed E-state index contributed by atoms with van der Waals surface area (Å²) in [6.07, 6.45) is 19.5. The van der Waals surface area contributed by atoms with E-state index < -0.39 is 0 Å². The van der Waals surface area contributed by atoms with E-state index >= 15 is 0 Å². The van der Waals surface area contributed by atoms with Crippen molar-refractivity contribution in [1.82, 2.24) is 0 Å². The van der Waals surface area contributed by atoms with Gasteiger partial charge in [0.1, 0.15) is 24.7 Å². The van der Waals surface area contributed by atoms with Crippen LogP contribution in [0.3, 0.4) is 0 Å². The monoisotopic (exact) mass is 370 g/mol. The maximum absolute atomic E-state index is 5.80. The van der Waals surface area contributed by atoms with Gasteiger partial charge in [-0.25, -0.2) is 0 Å². The van der Waals surface area contributed by atoms with Gasteiger partial charge >= 0.3 is 0 Å². The number of rotatable bonds is 9. The minimum Gasteiger partial charge on any atom is -0.490 e. The minimum absolute atomic E-state index is 0.526. The summed E-state index contributed by atoms with van der Waals surface area (Å²) in [6, 6.07) is 16.7. The first-order valence-corrected chi connectivity index (χ1v) is 9.99. The first-order chi connectivity index (χ1) is 13.8. The predicted molar refractivity (Wildman–Crippen MR) is 115 cm³/mol. The van der Waals surface area contributed by atoms with E-state index in [4.69, 9.17) is 9.47 Å². The van der Waals surface area contributed by atoms with Crippen LogP contribution in [0.15, 0.2) is 97.1 Å². The zero-order valence-electron chi connectivity index (χ0n) is 16.0. The van der Waals surface area contributed by atoms with Crippen molar-refractivity contribution in [2.45, 2.75) is 12.8 Å². The van der Waals surface area contributed by atoms with Crippen LogP contribution in [0, 0.1) is 11.8 Å². The summed E-state index contributed by atoms with van der Waals surface area (Å²) in [4.78, 5) is 0. The lowest BCUT2D eigenvalue weighted by atomic mass is 10.0. The van der Waals surface area contributed by atoms with E-state index in [-0.39, 0.29) is 0 Å². The molecule has 0 amide bonds. The van der Waals surface area contributed by atoms with Gasteiger partial charge in [0.25, 0.3) is 0 Å². The molecule has 0 bridgehead atoms. The summed E-state index contributed by atoms with van der Waals surface area (Å²) in [5.74, 6) is 2.83. The third-order valence-electron chi connectivity index (χ3n) is 5.07. The molecule has 0 heterocycles. The Kier molecular flexibility index (Phi) is 6.08. The van der Waals surface area contributed by atoms with Crippen LogP contribution in [0.5, 0.6) is 11.5 Å². The minimum atomic E-state index is 0.526. The van der Waals surface area contributed by atoms with Crippen molar-refractivity contribution in [2.24, 2.45) is 11.8 Å². The van der Waals surface area contributed by atoms with E-state index in [1.807, 2.05) is 24.3 Å². The number of allylic oxidation sites excluding steroid dienone is 8. The lowest BCUT2D eigenvalue weighted by Gasteiger charge is -2.11. The SMILES string of the molecule is C1=CC(Cc2ccc(OCCOc3ccc(CC4C=CC=C4)cc3)cc2)C=C1. The molecule has 4 rings (SSSR count). The molecule has 2 heteroatoms. The lowest BCUT2D eigenvalue weighted by molar-refractivity contribution is 0.217. The van der Waals surface area contributed by atoms with Gasteiger partial charge < -0.3 is 9.47 Å². The molecule has 0 radical (unpaired) electrons. The van der Waals surface area contributed by atoms with Gasteiger partial charge in [-0.1, -0.05) is 72.9 Å². The zero-order chi connectivity index (χ0) is 19.0. The highest BCUT2D eigenvalue weighted by atomic mass is 16.5. The quantitative estimate of drug-likeness (QED) is 0.526. The van der Waals surface area contributed by atoms with Crippen molar-refractivity contribution in [3.63, 3.8) is 0 Å². The second-order valence-electron chi connectivity index (χ2n) is 7.26. The number of benzene rings is 2. The summed E-state index contributed by atoms with van der Waals surface area (Å²) < 4.78 is 11.6. The molecule has 28 heavy (non-hydrogen) atoms. The van der Waals surface area contributed by atoms with E-state index in [1.165, 1.54) is 11.1 Å². The van der Waals surface area contributed by atoms with E-state index in [9.17, 15) is 0 Å². The Morgan fingerprint density at radius 2 is 0.857 bits per heavy atom. The molecule has 0 N–H and O–H groups in total. The summed E-state index contributed by atoms with van der Waals surface area (Å²) in [6.45, 7) is 1.07. The molecule has 2 nitrogen and oxygen atoms in total. The molecule has 0 fully saturated rings. The van der Waals surface area contributed by atoms with E-state index in [1.54, 1.807) is 0 Å². The fraction of sp³-hybridized carbons (Fsp3) is 0.231. The zero-order valence-corrected chi connectivity index (χ0v) is 16.0. The van der Waals surface area contributed by atoms with Gasteiger partial charge in [-0.2, -0.15) is 0 Å². The highest BCUT2D eigenvalue weighted by molar-refractivity contribution is 5.31. The van der Waals surface area contributed by atoms with Crippen LogP contribution in [0.1, 0.15) is 11.1 Å². The normalized spacial score (nSPS) is 15.6. The summed E-state index contributed by atoms with van der Waals surface area (Å²) in [5.41, 5.74) is 2.65. The van der Waals surface area contributed by atoms with Crippen LogP contribution in [0.25, 0.3) is 0 Å². The second kappa shape index (κ2) is 9.27. The van der Waals surface area contributed by atoms with Crippen LogP contribution < -0.4 is 9.47 Å². The molecule has 0 spiro atoms. The van der Waals surface area contributed by atoms with Crippen LogP contribution in [0.4, 0.5) is 0 Å². The van der Waals surface area contributed by atoms with Gasteiger partial charge in [-0.15, -0.1) is 0 Å². The topological polar surface area (TPSA) is 18.5 Å². The Morgan fingerprint density at radius 3 is 1.21 bits per heavy atom. The van der Waals surface area contributed by atoms with Gasteiger partial charge in [0.05, 0.1) is 0 Å². The number of ether oxygens (including phenoxy) is 2. The van der Waals surface area contributed by atoms with Gasteiger partial charge in [0.2, 0.25) is 0 Å². The van der Waals surface area contributed by atoms with Crippen LogP contribution in [-0.2, 0) is 12.8 Å². The molecule has 142 valence electrons. The van der Waals surface area contributed by atoms with Crippen LogP contribution in [0.2, 0.25) is 0 Å². The predicted octanol–water partition coefficient (Wildman–Crippen LogP) is 5.71. The maximum Gasteiger partial charge on any atom is 0.122 e. The largest absolute Gasteiger partial charge is 0.490 e. The third kappa shape index (κ3) is 5.26. The van der Waals surface area contributed by atoms with E-state index in [0.29, 0.717) is 25.0 Å². The van der Waals surface area contributed by atoms with Gasteiger partial charge in [0, 0.05) is 0 Å². The molecule has 2 aromatic rings. The summed E-state index contributed by atoms with van der Waals surface area (Å²) >= 11 is 0. The first kappa shape index (κ1) is 18.4. The summed E-state index contributed by atoms with van der Waals surface area (Å²) in [5, 5.41) is 0. The van der Waals surface area contributed by atoms with Crippen molar-refractivity contribution >= 4 is 0 Å². The van der Waals surface area contributed by atoms with Crippen LogP contribution >= 0.6 is 0 Å². The highest BCUT2D eigenvalue weighted by Gasteiger charge is 2.06. The molecule has 0 saturated carbocycles. The Bertz CT molecular complexity index is 770. The van der Waals surface area contributed by atoms with Gasteiger partial charge in [-0.3, -0.25) is 0 Å². The average Bonchev–Trinajstić information content (AvgIpc) is 3.42. The third-order valence-corrected chi connectivity index (χ3v) is 5.07. The van der Waals surface area contributed by atoms with Crippen molar-refractivity contribution in [2.75, 3.05) is 13.2 Å². The highest BCUT2D eigenvalue weighted by Crippen LogP contribution is 2.20. The van der Waals surface area contributed by atoms with Crippen molar-refractivity contribution in [3.8, 4) is 11.5 Å². The van der Waals surface area contributed by atoms with E-state index in [2.05, 4.69) is 72.9 Å². The van der Waals surface area contributed by atoms with Gasteiger partial charge in [-0.05, 0) is 60.1 Å². The van der Waals surface area contributed by atoms with Crippen LogP contribution in [-0.4, -0.2) is 13.2 Å². The number of hydrogen-bond donors (Lipinski definition) is 0. The standard InChI is InChI=1S/C26H26O2/c1-2-6-21(5-1)19-23-9-13-25(14-10-23)27-17-18-28-26-15-11-24(12-16-26)20-22-7-3-4-8-22/h1-16,21-22H,17-20H2. The fourth-order valence-corrected chi connectivity index (χ4v) is 3.53. The van der Waals surface area contributed by atoms with Crippen molar-refractivity contribution in [1.29, 1.82) is 0 Å². The van der Waals surface area contributed by atoms with E-state index in [0.717, 1.165) is 24.3 Å². The molecular formula is C26H26O2. The summed E-state index contributed by atoms with van der Waals surface area (Å²) in [7, 11) is 0. The molecule has 0 atom stereocenters. The maximum atomic E-state index is 5.80. The average molecular weight is 370 g/mol. The first-order valence-electron chi connectivity index (χ1n) is 9.99. The molecule has 0 unspecified atom stereocenters. The number of hydrogen-bond acceptors (Lipinski definition) is 2. The molecule has 2 aliphatic rings. The smallest absolute Gasteiger partial charge is 0.122 e. The molecule has 0 aromatic heterocycles. The Morgan fingerprint density at radius 1 is 0.500 bits per heavy atom. The molecule has 2 aromatic carbocycles. The van der Waals surface area contributed by atoms with Gasteiger partial charge in [0.15, 0.2) is 0 Å². The molecular weight excluding hydrogens is 344 g/mol. The molecule has 2 aliphatic carbocycles. The van der Waals surface area contributed by atoms with Crippen molar-refractivity contribution in [3.05, 3.63) is 108 Å². The lowest BCUT2D eigenvalue weighted by Crippen LogP contribution is -2.09. The Labute approximate surface area is 167 Å². The molecule has 0 aliphatic heterocycles. The Hall–Kier alpha value is -3.00. The molecule has 0 saturated heterocycles. The van der Waals surface area contributed by atoms with Crippen molar-refractivity contribution < 1.29 is 9.47 Å². The fourth-order valence-electron chi connectivity index (χ4n) is 3.53.